The van der Waals surface area contributed by atoms with Crippen LogP contribution in [0.1, 0.15) is 0 Å². The number of hydrogen-bond donors (Lipinski definition) is 0. The van der Waals surface area contributed by atoms with Gasteiger partial charge >= 0.3 is 0 Å². The summed E-state index contributed by atoms with van der Waals surface area (Å²) in [6.07, 6.45) is 6.18. The van der Waals surface area contributed by atoms with Gasteiger partial charge < -0.3 is 8.83 Å². The van der Waals surface area contributed by atoms with E-state index in [1.165, 1.54) is 12.8 Å². The van der Waals surface area contributed by atoms with Crippen molar-refractivity contribution < 1.29 is 8.83 Å². The number of aromatic nitrogens is 2. The first-order valence-corrected chi connectivity index (χ1v) is 6.22. The molecule has 0 atom stereocenters. The van der Waals surface area contributed by atoms with Crippen molar-refractivity contribution in [1.29, 1.82) is 0 Å². The SMILES string of the molecule is c1cc(-c2cocn2)c2cccc(-c3cocn3)c2c1. The summed E-state index contributed by atoms with van der Waals surface area (Å²) in [5, 5.41) is 2.23. The Hall–Kier alpha value is -2.88. The van der Waals surface area contributed by atoms with Gasteiger partial charge in [0.05, 0.1) is 0 Å². The van der Waals surface area contributed by atoms with E-state index in [9.17, 15) is 0 Å². The Kier molecular flexibility index (Phi) is 2.39. The van der Waals surface area contributed by atoms with Crippen molar-refractivity contribution in [2.75, 3.05) is 0 Å². The van der Waals surface area contributed by atoms with Gasteiger partial charge in [0.2, 0.25) is 0 Å². The molecule has 4 heteroatoms. The topological polar surface area (TPSA) is 52.1 Å². The van der Waals surface area contributed by atoms with Gasteiger partial charge in [-0.1, -0.05) is 36.4 Å². The van der Waals surface area contributed by atoms with E-state index in [1.807, 2.05) is 24.3 Å². The Bertz CT molecular complexity index is 776. The fraction of sp³-hybridized carbons (Fsp3) is 0. The second kappa shape index (κ2) is 4.35. The van der Waals surface area contributed by atoms with E-state index in [0.29, 0.717) is 0 Å². The molecule has 0 N–H and O–H groups in total. The van der Waals surface area contributed by atoms with Crippen LogP contribution >= 0.6 is 0 Å². The smallest absolute Gasteiger partial charge is 0.181 e. The number of hydrogen-bond acceptors (Lipinski definition) is 4. The maximum atomic E-state index is 5.08. The van der Waals surface area contributed by atoms with Crippen molar-refractivity contribution >= 4 is 10.8 Å². The lowest BCUT2D eigenvalue weighted by molar-refractivity contribution is 0.558. The molecule has 0 saturated carbocycles. The van der Waals surface area contributed by atoms with Crippen LogP contribution < -0.4 is 0 Å². The summed E-state index contributed by atoms with van der Waals surface area (Å²) < 4.78 is 10.2. The van der Waals surface area contributed by atoms with Crippen LogP contribution in [0, 0.1) is 0 Å². The van der Waals surface area contributed by atoms with Gasteiger partial charge in [0.1, 0.15) is 23.9 Å². The lowest BCUT2D eigenvalue weighted by Gasteiger charge is -2.07. The minimum absolute atomic E-state index is 0.827. The summed E-state index contributed by atoms with van der Waals surface area (Å²) in [6, 6.07) is 12.2. The minimum Gasteiger partial charge on any atom is -0.451 e. The van der Waals surface area contributed by atoms with Crippen molar-refractivity contribution in [2.45, 2.75) is 0 Å². The first-order valence-electron chi connectivity index (χ1n) is 6.22. The lowest BCUT2D eigenvalue weighted by atomic mass is 9.97. The summed E-state index contributed by atoms with van der Waals surface area (Å²) in [6.45, 7) is 0. The second-order valence-corrected chi connectivity index (χ2v) is 4.45. The summed E-state index contributed by atoms with van der Waals surface area (Å²) in [5.41, 5.74) is 3.74. The van der Waals surface area contributed by atoms with E-state index in [0.717, 1.165) is 33.3 Å². The first-order chi connectivity index (χ1) is 9.93. The fourth-order valence-corrected chi connectivity index (χ4v) is 2.45. The molecular weight excluding hydrogens is 252 g/mol. The normalized spacial score (nSPS) is 11.0. The number of nitrogens with zero attached hydrogens (tertiary/aromatic N) is 2. The summed E-state index contributed by atoms with van der Waals surface area (Å²) >= 11 is 0. The summed E-state index contributed by atoms with van der Waals surface area (Å²) in [4.78, 5) is 8.46. The Morgan fingerprint density at radius 3 is 1.55 bits per heavy atom. The zero-order chi connectivity index (χ0) is 13.4. The van der Waals surface area contributed by atoms with E-state index in [1.54, 1.807) is 12.5 Å². The average molecular weight is 262 g/mol. The maximum Gasteiger partial charge on any atom is 0.181 e. The largest absolute Gasteiger partial charge is 0.451 e. The highest BCUT2D eigenvalue weighted by atomic mass is 16.3. The number of benzene rings is 2. The van der Waals surface area contributed by atoms with Gasteiger partial charge in [-0.05, 0) is 10.8 Å². The van der Waals surface area contributed by atoms with E-state index in [-0.39, 0.29) is 0 Å². The summed E-state index contributed by atoms with van der Waals surface area (Å²) in [7, 11) is 0. The molecule has 2 heterocycles. The maximum absolute atomic E-state index is 5.08. The van der Waals surface area contributed by atoms with Crippen molar-refractivity contribution in [3.63, 3.8) is 0 Å². The van der Waals surface area contributed by atoms with Crippen LogP contribution in [-0.4, -0.2) is 9.97 Å². The molecular formula is C16H10N2O2. The quantitative estimate of drug-likeness (QED) is 0.544. The van der Waals surface area contributed by atoms with Gasteiger partial charge in [0, 0.05) is 11.1 Å². The molecule has 0 aliphatic heterocycles. The van der Waals surface area contributed by atoms with Gasteiger partial charge in [0.25, 0.3) is 0 Å². The van der Waals surface area contributed by atoms with Crippen LogP contribution in [0.25, 0.3) is 33.3 Å². The zero-order valence-electron chi connectivity index (χ0n) is 10.5. The standard InChI is InChI=1S/C16H10N2O2/c1-3-11-12(13(5-1)15-7-19-9-17-15)4-2-6-14(11)16-8-20-10-18-16/h1-10H. The van der Waals surface area contributed by atoms with E-state index >= 15 is 0 Å². The predicted octanol–water partition coefficient (Wildman–Crippen LogP) is 4.15. The molecule has 4 nitrogen and oxygen atoms in total. The predicted molar refractivity (Wildman–Crippen MR) is 74.9 cm³/mol. The Balaban J connectivity index is 2.04. The lowest BCUT2D eigenvalue weighted by Crippen LogP contribution is -1.85. The molecule has 2 aromatic heterocycles. The Labute approximate surface area is 114 Å². The van der Waals surface area contributed by atoms with Gasteiger partial charge in [-0.2, -0.15) is 0 Å². The van der Waals surface area contributed by atoms with Crippen LogP contribution in [0.5, 0.6) is 0 Å². The molecule has 96 valence electrons. The molecule has 0 aliphatic carbocycles. The number of oxazole rings is 2. The molecule has 0 radical (unpaired) electrons. The molecule has 4 aromatic rings. The third-order valence-corrected chi connectivity index (χ3v) is 3.34. The van der Waals surface area contributed by atoms with Crippen molar-refractivity contribution in [3.8, 4) is 22.5 Å². The minimum atomic E-state index is 0.827. The van der Waals surface area contributed by atoms with Crippen LogP contribution in [0.4, 0.5) is 0 Å². The van der Waals surface area contributed by atoms with Gasteiger partial charge in [-0.3, -0.25) is 0 Å². The molecule has 0 saturated heterocycles. The van der Waals surface area contributed by atoms with E-state index < -0.39 is 0 Å². The van der Waals surface area contributed by atoms with Crippen LogP contribution in [0.2, 0.25) is 0 Å². The third-order valence-electron chi connectivity index (χ3n) is 3.34. The van der Waals surface area contributed by atoms with Crippen LogP contribution in [0.15, 0.2) is 70.5 Å². The van der Waals surface area contributed by atoms with Crippen molar-refractivity contribution in [1.82, 2.24) is 9.97 Å². The fourth-order valence-electron chi connectivity index (χ4n) is 2.45. The molecule has 20 heavy (non-hydrogen) atoms. The van der Waals surface area contributed by atoms with Crippen molar-refractivity contribution in [3.05, 3.63) is 61.7 Å². The monoisotopic (exact) mass is 262 g/mol. The highest BCUT2D eigenvalue weighted by Crippen LogP contribution is 2.33. The second-order valence-electron chi connectivity index (χ2n) is 4.45. The molecule has 0 bridgehead atoms. The Morgan fingerprint density at radius 2 is 1.15 bits per heavy atom. The Morgan fingerprint density at radius 1 is 0.650 bits per heavy atom. The zero-order valence-corrected chi connectivity index (χ0v) is 10.5. The molecule has 0 amide bonds. The highest BCUT2D eigenvalue weighted by Gasteiger charge is 2.10. The van der Waals surface area contributed by atoms with Crippen molar-refractivity contribution in [2.24, 2.45) is 0 Å². The first kappa shape index (κ1) is 11.0. The van der Waals surface area contributed by atoms with E-state index in [4.69, 9.17) is 8.83 Å². The van der Waals surface area contributed by atoms with Crippen LogP contribution in [0.3, 0.4) is 0 Å². The molecule has 0 unspecified atom stereocenters. The summed E-state index contributed by atoms with van der Waals surface area (Å²) in [5.74, 6) is 0. The molecule has 4 rings (SSSR count). The van der Waals surface area contributed by atoms with Gasteiger partial charge in [0.15, 0.2) is 12.8 Å². The highest BCUT2D eigenvalue weighted by molar-refractivity contribution is 6.03. The van der Waals surface area contributed by atoms with E-state index in [2.05, 4.69) is 22.1 Å². The molecule has 0 aliphatic rings. The molecule has 0 fully saturated rings. The molecule has 0 spiro atoms. The average Bonchev–Trinajstić information content (AvgIpc) is 3.19. The van der Waals surface area contributed by atoms with Gasteiger partial charge in [-0.15, -0.1) is 0 Å². The number of fused-ring (bicyclic) bond motifs is 1. The third kappa shape index (κ3) is 1.62. The van der Waals surface area contributed by atoms with Gasteiger partial charge in [-0.25, -0.2) is 9.97 Å². The van der Waals surface area contributed by atoms with Crippen LogP contribution in [-0.2, 0) is 0 Å². The number of rotatable bonds is 2. The molecule has 2 aromatic carbocycles.